The highest BCUT2D eigenvalue weighted by Gasteiger charge is 2.54. The van der Waals surface area contributed by atoms with E-state index in [1.165, 1.54) is 36.4 Å². The van der Waals surface area contributed by atoms with Crippen molar-refractivity contribution < 1.29 is 31.5 Å². The number of fused-ring (bicyclic) bond motifs is 3. The molecule has 0 saturated heterocycles. The standard InChI is InChI=1S/C40H33N7O9S2/c48-39-40(33-15-3-6-18-36(33)45-39,37-31(29-13-1-4-16-34(29)43-37)19-21-41-57(53,54)27-11-7-9-25(23-27)46(49)50)38-32(30-14-2-5-17-35(30)44-38)20-22-42-58(55,56)28-12-8-10-26(24-28)47(51)52/h1-18,23-24,41-44H,19-22H2,(H,45,48). The number of nitro benzene ring substituents is 2. The minimum absolute atomic E-state index is 0.0866. The third kappa shape index (κ3) is 6.56. The molecule has 0 aliphatic carbocycles. The molecule has 0 saturated carbocycles. The molecule has 0 radical (unpaired) electrons. The molecular formula is C40H33N7O9S2. The second-order valence-corrected chi connectivity index (χ2v) is 17.1. The Kier molecular flexibility index (Phi) is 9.64. The van der Waals surface area contributed by atoms with Crippen LogP contribution in [0.5, 0.6) is 0 Å². The topological polar surface area (TPSA) is 239 Å². The van der Waals surface area contributed by atoms with Crippen LogP contribution in [0.3, 0.4) is 0 Å². The smallest absolute Gasteiger partial charge is 0.270 e. The highest BCUT2D eigenvalue weighted by Crippen LogP contribution is 2.51. The molecule has 58 heavy (non-hydrogen) atoms. The first-order valence-corrected chi connectivity index (χ1v) is 20.9. The second kappa shape index (κ2) is 14.6. The van der Waals surface area contributed by atoms with E-state index in [0.717, 1.165) is 22.9 Å². The molecule has 1 amide bonds. The van der Waals surface area contributed by atoms with Gasteiger partial charge in [0, 0.05) is 81.8 Å². The number of para-hydroxylation sites is 3. The van der Waals surface area contributed by atoms with Crippen molar-refractivity contribution in [2.75, 3.05) is 18.4 Å². The summed E-state index contributed by atoms with van der Waals surface area (Å²) in [6.07, 6.45) is 0.173. The molecule has 0 atom stereocenters. The third-order valence-electron chi connectivity index (χ3n) is 10.3. The van der Waals surface area contributed by atoms with E-state index in [-0.39, 0.29) is 47.1 Å². The zero-order chi connectivity index (χ0) is 40.8. The lowest BCUT2D eigenvalue weighted by atomic mass is 9.72. The molecule has 1 aliphatic heterocycles. The summed E-state index contributed by atoms with van der Waals surface area (Å²) in [4.78, 5) is 42.8. The molecule has 5 N–H and O–H groups in total. The van der Waals surface area contributed by atoms with Crippen molar-refractivity contribution in [2.24, 2.45) is 0 Å². The first kappa shape index (κ1) is 38.2. The maximum Gasteiger partial charge on any atom is 0.270 e. The number of anilines is 1. The Morgan fingerprint density at radius 1 is 0.586 bits per heavy atom. The van der Waals surface area contributed by atoms with Gasteiger partial charge in [0.15, 0.2) is 5.41 Å². The number of nitrogens with zero attached hydrogens (tertiary/aromatic N) is 2. The van der Waals surface area contributed by atoms with Crippen LogP contribution in [0.2, 0.25) is 0 Å². The van der Waals surface area contributed by atoms with Gasteiger partial charge in [-0.3, -0.25) is 25.0 Å². The SMILES string of the molecule is O=C1Nc2ccccc2C1(c1[nH]c2ccccc2c1CCNS(=O)(=O)c1cccc([N+](=O)[O-])c1)c1[nH]c2ccccc2c1CCNS(=O)(=O)c1cccc([N+](=O)[O-])c1. The molecule has 294 valence electrons. The summed E-state index contributed by atoms with van der Waals surface area (Å²) in [5.41, 5.74) is 2.29. The average Bonchev–Trinajstić information content (AvgIpc) is 3.87. The average molecular weight is 820 g/mol. The van der Waals surface area contributed by atoms with Crippen LogP contribution >= 0.6 is 0 Å². The Balaban J connectivity index is 1.24. The van der Waals surface area contributed by atoms with Crippen LogP contribution in [-0.4, -0.2) is 55.6 Å². The number of nitrogens with one attached hydrogen (secondary N) is 5. The molecule has 2 aromatic heterocycles. The van der Waals surface area contributed by atoms with Gasteiger partial charge in [-0.25, -0.2) is 26.3 Å². The Labute approximate surface area is 330 Å². The first-order chi connectivity index (χ1) is 27.8. The fraction of sp³-hybridized carbons (Fsp3) is 0.125. The van der Waals surface area contributed by atoms with Gasteiger partial charge in [0.2, 0.25) is 26.0 Å². The van der Waals surface area contributed by atoms with Gasteiger partial charge < -0.3 is 15.3 Å². The van der Waals surface area contributed by atoms with Crippen LogP contribution in [0.25, 0.3) is 21.8 Å². The number of hydrogen-bond donors (Lipinski definition) is 5. The van der Waals surface area contributed by atoms with Gasteiger partial charge in [-0.1, -0.05) is 66.7 Å². The number of aromatic amines is 2. The van der Waals surface area contributed by atoms with Gasteiger partial charge in [-0.15, -0.1) is 0 Å². The summed E-state index contributed by atoms with van der Waals surface area (Å²) in [7, 11) is -8.39. The molecular weight excluding hydrogens is 787 g/mol. The number of aromatic nitrogens is 2. The molecule has 1 aliphatic rings. The van der Waals surface area contributed by atoms with Gasteiger partial charge in [-0.05, 0) is 54.3 Å². The maximum absolute atomic E-state index is 14.9. The summed E-state index contributed by atoms with van der Waals surface area (Å²) < 4.78 is 58.7. The summed E-state index contributed by atoms with van der Waals surface area (Å²) >= 11 is 0. The van der Waals surface area contributed by atoms with E-state index in [1.54, 1.807) is 18.2 Å². The van der Waals surface area contributed by atoms with E-state index in [1.807, 2.05) is 54.6 Å². The first-order valence-electron chi connectivity index (χ1n) is 17.9. The highest BCUT2D eigenvalue weighted by molar-refractivity contribution is 7.89. The Hall–Kier alpha value is -6.73. The van der Waals surface area contributed by atoms with Crippen LogP contribution < -0.4 is 14.8 Å². The van der Waals surface area contributed by atoms with Crippen LogP contribution in [0.15, 0.2) is 131 Å². The number of amides is 1. The van der Waals surface area contributed by atoms with Gasteiger partial charge >= 0.3 is 0 Å². The molecule has 16 nitrogen and oxygen atoms in total. The monoisotopic (exact) mass is 819 g/mol. The number of nitro groups is 2. The van der Waals surface area contributed by atoms with Gasteiger partial charge in [0.1, 0.15) is 0 Å². The predicted octanol–water partition coefficient (Wildman–Crippen LogP) is 5.79. The Morgan fingerprint density at radius 3 is 1.52 bits per heavy atom. The molecule has 0 bridgehead atoms. The lowest BCUT2D eigenvalue weighted by molar-refractivity contribution is -0.385. The number of hydrogen-bond acceptors (Lipinski definition) is 9. The number of non-ortho nitro benzene ring substituents is 2. The highest BCUT2D eigenvalue weighted by atomic mass is 32.2. The lowest BCUT2D eigenvalue weighted by Crippen LogP contribution is -2.40. The third-order valence-corrected chi connectivity index (χ3v) is 13.2. The molecule has 0 fully saturated rings. The summed E-state index contributed by atoms with van der Waals surface area (Å²) in [5.74, 6) is -0.413. The van der Waals surface area contributed by atoms with Crippen molar-refractivity contribution in [1.29, 1.82) is 0 Å². The van der Waals surface area contributed by atoms with Crippen molar-refractivity contribution >= 4 is 64.8 Å². The number of carbonyl (C=O) groups excluding carboxylic acids is 1. The number of sulfonamides is 2. The molecule has 18 heteroatoms. The Bertz CT molecular complexity index is 2860. The van der Waals surface area contributed by atoms with Crippen LogP contribution in [-0.2, 0) is 43.1 Å². The molecule has 0 unspecified atom stereocenters. The summed E-state index contributed by atoms with van der Waals surface area (Å²) in [6, 6.07) is 31.4. The van der Waals surface area contributed by atoms with Crippen molar-refractivity contribution in [1.82, 2.24) is 19.4 Å². The normalized spacial score (nSPS) is 13.8. The molecule has 8 rings (SSSR count). The molecule has 5 aromatic carbocycles. The minimum atomic E-state index is -4.19. The number of rotatable bonds is 14. The van der Waals surface area contributed by atoms with Crippen LogP contribution in [0, 0.1) is 20.2 Å². The summed E-state index contributed by atoms with van der Waals surface area (Å²) in [5, 5.41) is 27.3. The van der Waals surface area contributed by atoms with E-state index in [2.05, 4.69) is 24.7 Å². The zero-order valence-electron chi connectivity index (χ0n) is 30.3. The van der Waals surface area contributed by atoms with E-state index in [9.17, 15) is 41.9 Å². The largest absolute Gasteiger partial charge is 0.357 e. The van der Waals surface area contributed by atoms with Gasteiger partial charge in [-0.2, -0.15) is 0 Å². The number of benzene rings is 5. The minimum Gasteiger partial charge on any atom is -0.357 e. The predicted molar refractivity (Wildman–Crippen MR) is 216 cm³/mol. The van der Waals surface area contributed by atoms with Crippen molar-refractivity contribution in [3.63, 3.8) is 0 Å². The van der Waals surface area contributed by atoms with E-state index >= 15 is 0 Å². The summed E-state index contributed by atoms with van der Waals surface area (Å²) in [6.45, 7) is -0.281. The van der Waals surface area contributed by atoms with Crippen LogP contribution in [0.4, 0.5) is 17.1 Å². The second-order valence-electron chi connectivity index (χ2n) is 13.6. The van der Waals surface area contributed by atoms with E-state index in [0.29, 0.717) is 44.8 Å². The fourth-order valence-corrected chi connectivity index (χ4v) is 9.90. The van der Waals surface area contributed by atoms with E-state index < -0.39 is 41.2 Å². The van der Waals surface area contributed by atoms with Crippen LogP contribution in [0.1, 0.15) is 28.1 Å². The van der Waals surface area contributed by atoms with Crippen molar-refractivity contribution in [2.45, 2.75) is 28.0 Å². The quantitative estimate of drug-likeness (QED) is 0.0658. The molecule has 3 heterocycles. The van der Waals surface area contributed by atoms with Gasteiger partial charge in [0.05, 0.1) is 19.6 Å². The fourth-order valence-electron chi connectivity index (χ4n) is 7.75. The Morgan fingerprint density at radius 2 is 1.03 bits per heavy atom. The number of H-pyrrole nitrogens is 2. The van der Waals surface area contributed by atoms with E-state index in [4.69, 9.17) is 0 Å². The molecule has 0 spiro atoms. The van der Waals surface area contributed by atoms with Crippen molar-refractivity contribution in [3.8, 4) is 0 Å². The number of carbonyl (C=O) groups is 1. The maximum atomic E-state index is 14.9. The van der Waals surface area contributed by atoms with Gasteiger partial charge in [0.25, 0.3) is 11.4 Å². The molecule has 7 aromatic rings. The zero-order valence-corrected chi connectivity index (χ0v) is 31.9. The lowest BCUT2D eigenvalue weighted by Gasteiger charge is -2.29. The van der Waals surface area contributed by atoms with Crippen molar-refractivity contribution in [3.05, 3.63) is 170 Å².